The Morgan fingerprint density at radius 1 is 0.870 bits per heavy atom. The number of hydrogen-bond acceptors (Lipinski definition) is 3. The molecular formula is C18H16ClNO2S. The molecule has 118 valence electrons. The highest BCUT2D eigenvalue weighted by Crippen LogP contribution is 2.24. The Hall–Kier alpha value is -1.78. The third-order valence-corrected chi connectivity index (χ3v) is 5.09. The molecule has 0 unspecified atom stereocenters. The maximum absolute atomic E-state index is 12.2. The molecule has 0 radical (unpaired) electrons. The number of unbranched alkanes of at least 4 members (excludes halogenated alkanes) is 1. The van der Waals surface area contributed by atoms with Gasteiger partial charge in [-0.2, -0.15) is 0 Å². The Morgan fingerprint density at radius 2 is 1.48 bits per heavy atom. The fraction of sp³-hybridized carbons (Fsp3) is 0.222. The lowest BCUT2D eigenvalue weighted by atomic mass is 10.1. The highest BCUT2D eigenvalue weighted by Gasteiger charge is 2.34. The smallest absolute Gasteiger partial charge is 0.261 e. The molecule has 0 atom stereocenters. The van der Waals surface area contributed by atoms with E-state index < -0.39 is 0 Å². The van der Waals surface area contributed by atoms with E-state index in [0.717, 1.165) is 23.6 Å². The number of carbonyl (C=O) groups is 2. The molecule has 0 spiro atoms. The van der Waals surface area contributed by atoms with Crippen LogP contribution in [0.3, 0.4) is 0 Å². The average Bonchev–Trinajstić information content (AvgIpc) is 2.81. The third kappa shape index (κ3) is 3.59. The standard InChI is InChI=1S/C18H16ClNO2S/c19-13-7-9-14(10-8-13)23-12-4-3-11-20-17(21)15-5-1-2-6-16(15)18(20)22/h1-2,5-10H,3-4,11-12H2. The molecule has 3 rings (SSSR count). The number of fused-ring (bicyclic) bond motifs is 1. The molecule has 0 saturated heterocycles. The van der Waals surface area contributed by atoms with E-state index in [1.165, 1.54) is 9.80 Å². The van der Waals surface area contributed by atoms with E-state index in [-0.39, 0.29) is 11.8 Å². The lowest BCUT2D eigenvalue weighted by Gasteiger charge is -2.13. The number of imide groups is 1. The number of thioether (sulfide) groups is 1. The summed E-state index contributed by atoms with van der Waals surface area (Å²) < 4.78 is 0. The van der Waals surface area contributed by atoms with Crippen LogP contribution in [-0.4, -0.2) is 29.0 Å². The Bertz CT molecular complexity index is 695. The van der Waals surface area contributed by atoms with Gasteiger partial charge in [0.1, 0.15) is 0 Å². The first-order chi connectivity index (χ1) is 11.2. The number of amides is 2. The number of halogens is 1. The van der Waals surface area contributed by atoms with E-state index in [2.05, 4.69) is 0 Å². The van der Waals surface area contributed by atoms with Gasteiger partial charge in [0.15, 0.2) is 0 Å². The summed E-state index contributed by atoms with van der Waals surface area (Å²) in [7, 11) is 0. The van der Waals surface area contributed by atoms with Gasteiger partial charge in [0, 0.05) is 16.5 Å². The lowest BCUT2D eigenvalue weighted by molar-refractivity contribution is 0.0652. The molecule has 2 amide bonds. The number of benzene rings is 2. The van der Waals surface area contributed by atoms with Crippen LogP contribution in [0.1, 0.15) is 33.6 Å². The Morgan fingerprint density at radius 3 is 2.09 bits per heavy atom. The summed E-state index contributed by atoms with van der Waals surface area (Å²) in [6.45, 7) is 0.480. The molecule has 0 saturated carbocycles. The second-order valence-electron chi connectivity index (χ2n) is 5.32. The van der Waals surface area contributed by atoms with Gasteiger partial charge in [-0.25, -0.2) is 0 Å². The monoisotopic (exact) mass is 345 g/mol. The van der Waals surface area contributed by atoms with Gasteiger partial charge in [0.05, 0.1) is 11.1 Å². The van der Waals surface area contributed by atoms with E-state index in [1.807, 2.05) is 24.3 Å². The van der Waals surface area contributed by atoms with Crippen molar-refractivity contribution in [2.45, 2.75) is 17.7 Å². The van der Waals surface area contributed by atoms with Gasteiger partial charge in [0.2, 0.25) is 0 Å². The van der Waals surface area contributed by atoms with E-state index >= 15 is 0 Å². The fourth-order valence-corrected chi connectivity index (χ4v) is 3.57. The fourth-order valence-electron chi connectivity index (χ4n) is 2.54. The van der Waals surface area contributed by atoms with Crippen molar-refractivity contribution in [3.8, 4) is 0 Å². The zero-order valence-corrected chi connectivity index (χ0v) is 14.1. The van der Waals surface area contributed by atoms with Crippen molar-refractivity contribution >= 4 is 35.2 Å². The Balaban J connectivity index is 1.46. The first-order valence-corrected chi connectivity index (χ1v) is 8.87. The minimum atomic E-state index is -0.170. The second-order valence-corrected chi connectivity index (χ2v) is 6.92. The molecule has 2 aromatic rings. The summed E-state index contributed by atoms with van der Waals surface area (Å²) in [6, 6.07) is 14.8. The predicted octanol–water partition coefficient (Wildman–Crippen LogP) is 4.51. The van der Waals surface area contributed by atoms with Crippen LogP contribution in [0.4, 0.5) is 0 Å². The molecule has 0 aliphatic carbocycles. The van der Waals surface area contributed by atoms with Crippen LogP contribution in [-0.2, 0) is 0 Å². The molecule has 1 aliphatic heterocycles. The molecule has 2 aromatic carbocycles. The van der Waals surface area contributed by atoms with Gasteiger partial charge < -0.3 is 0 Å². The van der Waals surface area contributed by atoms with Crippen molar-refractivity contribution in [1.82, 2.24) is 4.90 Å². The van der Waals surface area contributed by atoms with E-state index in [1.54, 1.807) is 36.0 Å². The Kier molecular flexibility index (Phi) is 5.03. The van der Waals surface area contributed by atoms with Gasteiger partial charge in [-0.1, -0.05) is 23.7 Å². The van der Waals surface area contributed by atoms with E-state index in [0.29, 0.717) is 17.7 Å². The minimum absolute atomic E-state index is 0.170. The first-order valence-electron chi connectivity index (χ1n) is 7.50. The van der Waals surface area contributed by atoms with Crippen molar-refractivity contribution in [3.63, 3.8) is 0 Å². The summed E-state index contributed by atoms with van der Waals surface area (Å²) >= 11 is 7.61. The zero-order chi connectivity index (χ0) is 16.2. The summed E-state index contributed by atoms with van der Waals surface area (Å²) in [5.41, 5.74) is 1.04. The molecule has 3 nitrogen and oxygen atoms in total. The summed E-state index contributed by atoms with van der Waals surface area (Å²) in [4.78, 5) is 27.0. The number of rotatable bonds is 6. The van der Waals surface area contributed by atoms with Gasteiger partial charge >= 0.3 is 0 Å². The average molecular weight is 346 g/mol. The summed E-state index contributed by atoms with van der Waals surface area (Å²) in [6.07, 6.45) is 1.76. The number of hydrogen-bond donors (Lipinski definition) is 0. The zero-order valence-electron chi connectivity index (χ0n) is 12.5. The van der Waals surface area contributed by atoms with Gasteiger partial charge in [0.25, 0.3) is 11.8 Å². The molecule has 1 aliphatic rings. The molecular weight excluding hydrogens is 330 g/mol. The SMILES string of the molecule is O=C1c2ccccc2C(=O)N1CCCCSc1ccc(Cl)cc1. The van der Waals surface area contributed by atoms with E-state index in [4.69, 9.17) is 11.6 Å². The van der Waals surface area contributed by atoms with Gasteiger partial charge in [-0.15, -0.1) is 11.8 Å². The van der Waals surface area contributed by atoms with Crippen LogP contribution in [0.5, 0.6) is 0 Å². The highest BCUT2D eigenvalue weighted by atomic mass is 35.5. The molecule has 5 heteroatoms. The second kappa shape index (κ2) is 7.20. The normalized spacial score (nSPS) is 13.5. The summed E-state index contributed by atoms with van der Waals surface area (Å²) in [5, 5.41) is 0.736. The Labute approximate surface area is 144 Å². The number of carbonyl (C=O) groups excluding carboxylic acids is 2. The lowest BCUT2D eigenvalue weighted by Crippen LogP contribution is -2.30. The first kappa shape index (κ1) is 16.1. The van der Waals surface area contributed by atoms with Crippen molar-refractivity contribution in [2.24, 2.45) is 0 Å². The minimum Gasteiger partial charge on any atom is -0.274 e. The maximum atomic E-state index is 12.2. The van der Waals surface area contributed by atoms with Crippen molar-refractivity contribution in [3.05, 3.63) is 64.7 Å². The van der Waals surface area contributed by atoms with Gasteiger partial charge in [-0.3, -0.25) is 14.5 Å². The van der Waals surface area contributed by atoms with Crippen LogP contribution in [0.25, 0.3) is 0 Å². The van der Waals surface area contributed by atoms with Crippen molar-refractivity contribution in [2.75, 3.05) is 12.3 Å². The molecule has 0 fully saturated rings. The molecule has 0 N–H and O–H groups in total. The van der Waals surface area contributed by atoms with Crippen molar-refractivity contribution in [1.29, 1.82) is 0 Å². The quantitative estimate of drug-likeness (QED) is 0.439. The van der Waals surface area contributed by atoms with Crippen LogP contribution >= 0.6 is 23.4 Å². The highest BCUT2D eigenvalue weighted by molar-refractivity contribution is 7.99. The molecule has 23 heavy (non-hydrogen) atoms. The molecule has 1 heterocycles. The third-order valence-electron chi connectivity index (χ3n) is 3.74. The van der Waals surface area contributed by atoms with Gasteiger partial charge in [-0.05, 0) is 55.0 Å². The summed E-state index contributed by atoms with van der Waals surface area (Å²) in [5.74, 6) is 0.608. The van der Waals surface area contributed by atoms with Crippen LogP contribution in [0.15, 0.2) is 53.4 Å². The predicted molar refractivity (Wildman–Crippen MR) is 93.2 cm³/mol. The topological polar surface area (TPSA) is 37.4 Å². The van der Waals surface area contributed by atoms with Crippen LogP contribution in [0.2, 0.25) is 5.02 Å². The maximum Gasteiger partial charge on any atom is 0.261 e. The van der Waals surface area contributed by atoms with Crippen LogP contribution in [0, 0.1) is 0 Å². The number of nitrogens with zero attached hydrogens (tertiary/aromatic N) is 1. The van der Waals surface area contributed by atoms with Crippen LogP contribution < -0.4 is 0 Å². The van der Waals surface area contributed by atoms with Crippen molar-refractivity contribution < 1.29 is 9.59 Å². The molecule has 0 bridgehead atoms. The molecule has 0 aromatic heterocycles. The van der Waals surface area contributed by atoms with E-state index in [9.17, 15) is 9.59 Å². The largest absolute Gasteiger partial charge is 0.274 e.